The van der Waals surface area contributed by atoms with E-state index in [1.807, 2.05) is 0 Å². The molecule has 0 saturated heterocycles. The SMILES string of the molecule is CCCCNCCCCOc1ccc(C)cc1C. The van der Waals surface area contributed by atoms with Gasteiger partial charge in [0.2, 0.25) is 0 Å². The number of aryl methyl sites for hydroxylation is 2. The zero-order chi connectivity index (χ0) is 13.2. The Kier molecular flexibility index (Phi) is 7.51. The number of hydrogen-bond donors (Lipinski definition) is 1. The second-order valence-electron chi connectivity index (χ2n) is 4.93. The van der Waals surface area contributed by atoms with Crippen molar-refractivity contribution in [3.8, 4) is 5.75 Å². The first-order chi connectivity index (χ1) is 8.74. The van der Waals surface area contributed by atoms with Gasteiger partial charge < -0.3 is 10.1 Å². The molecule has 0 bridgehead atoms. The van der Waals surface area contributed by atoms with Crippen LogP contribution in [0.3, 0.4) is 0 Å². The van der Waals surface area contributed by atoms with Crippen LogP contribution in [0.4, 0.5) is 0 Å². The van der Waals surface area contributed by atoms with Gasteiger partial charge in [0.1, 0.15) is 5.75 Å². The third-order valence-electron chi connectivity index (χ3n) is 3.04. The Morgan fingerprint density at radius 3 is 2.56 bits per heavy atom. The molecule has 1 N–H and O–H groups in total. The Bertz CT molecular complexity index is 336. The van der Waals surface area contributed by atoms with Crippen LogP contribution in [0.25, 0.3) is 0 Å². The summed E-state index contributed by atoms with van der Waals surface area (Å²) in [5, 5.41) is 3.45. The molecule has 0 saturated carbocycles. The zero-order valence-electron chi connectivity index (χ0n) is 12.1. The zero-order valence-corrected chi connectivity index (χ0v) is 12.1. The summed E-state index contributed by atoms with van der Waals surface area (Å²) in [5.74, 6) is 1.03. The molecule has 1 aromatic rings. The molecule has 0 aliphatic carbocycles. The molecule has 102 valence electrons. The second kappa shape index (κ2) is 8.98. The third kappa shape index (κ3) is 6.06. The lowest BCUT2D eigenvalue weighted by atomic mass is 10.1. The largest absolute Gasteiger partial charge is 0.493 e. The van der Waals surface area contributed by atoms with E-state index in [-0.39, 0.29) is 0 Å². The Balaban J connectivity index is 2.07. The molecular weight excluding hydrogens is 222 g/mol. The molecular formula is C16H27NO. The van der Waals surface area contributed by atoms with E-state index in [0.29, 0.717) is 0 Å². The van der Waals surface area contributed by atoms with Gasteiger partial charge in [0.15, 0.2) is 0 Å². The van der Waals surface area contributed by atoms with Crippen molar-refractivity contribution in [1.29, 1.82) is 0 Å². The lowest BCUT2D eigenvalue weighted by Crippen LogP contribution is -2.17. The number of ether oxygens (including phenoxy) is 1. The van der Waals surface area contributed by atoms with Crippen LogP contribution in [-0.2, 0) is 0 Å². The first-order valence-electron chi connectivity index (χ1n) is 7.15. The van der Waals surface area contributed by atoms with E-state index in [0.717, 1.165) is 31.9 Å². The van der Waals surface area contributed by atoms with Crippen LogP contribution in [0.5, 0.6) is 5.75 Å². The van der Waals surface area contributed by atoms with Crippen LogP contribution in [0.15, 0.2) is 18.2 Å². The van der Waals surface area contributed by atoms with Crippen molar-refractivity contribution in [3.05, 3.63) is 29.3 Å². The molecule has 0 atom stereocenters. The van der Waals surface area contributed by atoms with E-state index >= 15 is 0 Å². The summed E-state index contributed by atoms with van der Waals surface area (Å²) in [4.78, 5) is 0. The fraction of sp³-hybridized carbons (Fsp3) is 0.625. The second-order valence-corrected chi connectivity index (χ2v) is 4.93. The van der Waals surface area contributed by atoms with Gasteiger partial charge in [-0.2, -0.15) is 0 Å². The maximum Gasteiger partial charge on any atom is 0.122 e. The van der Waals surface area contributed by atoms with Crippen molar-refractivity contribution in [2.75, 3.05) is 19.7 Å². The standard InChI is InChI=1S/C16H27NO/c1-4-5-10-17-11-6-7-12-18-16-9-8-14(2)13-15(16)3/h8-9,13,17H,4-7,10-12H2,1-3H3. The van der Waals surface area contributed by atoms with Crippen LogP contribution in [0, 0.1) is 13.8 Å². The molecule has 1 aromatic carbocycles. The number of nitrogens with one attached hydrogen (secondary N) is 1. The topological polar surface area (TPSA) is 21.3 Å². The molecule has 0 aliphatic heterocycles. The minimum Gasteiger partial charge on any atom is -0.493 e. The van der Waals surface area contributed by atoms with Gasteiger partial charge in [-0.15, -0.1) is 0 Å². The first-order valence-corrected chi connectivity index (χ1v) is 7.15. The average molecular weight is 249 g/mol. The monoisotopic (exact) mass is 249 g/mol. The summed E-state index contributed by atoms with van der Waals surface area (Å²) in [5.41, 5.74) is 2.52. The maximum atomic E-state index is 5.79. The molecule has 0 aromatic heterocycles. The van der Waals surface area contributed by atoms with Crippen LogP contribution in [-0.4, -0.2) is 19.7 Å². The Morgan fingerprint density at radius 2 is 1.83 bits per heavy atom. The third-order valence-corrected chi connectivity index (χ3v) is 3.04. The van der Waals surface area contributed by atoms with Gasteiger partial charge in [-0.3, -0.25) is 0 Å². The number of hydrogen-bond acceptors (Lipinski definition) is 2. The molecule has 0 radical (unpaired) electrons. The minimum absolute atomic E-state index is 0.819. The Morgan fingerprint density at radius 1 is 1.06 bits per heavy atom. The Hall–Kier alpha value is -1.02. The van der Waals surface area contributed by atoms with Crippen LogP contribution in [0.2, 0.25) is 0 Å². The van der Waals surface area contributed by atoms with E-state index in [4.69, 9.17) is 4.74 Å². The Labute approximate surface area is 112 Å². The normalized spacial score (nSPS) is 10.6. The van der Waals surface area contributed by atoms with Crippen LogP contribution >= 0.6 is 0 Å². The summed E-state index contributed by atoms with van der Waals surface area (Å²) < 4.78 is 5.79. The van der Waals surface area contributed by atoms with E-state index in [1.54, 1.807) is 0 Å². The fourth-order valence-electron chi connectivity index (χ4n) is 1.92. The highest BCUT2D eigenvalue weighted by molar-refractivity contribution is 5.35. The molecule has 2 heteroatoms. The van der Waals surface area contributed by atoms with Gasteiger partial charge in [0, 0.05) is 0 Å². The number of rotatable bonds is 9. The summed E-state index contributed by atoms with van der Waals surface area (Å²) in [6.45, 7) is 9.51. The summed E-state index contributed by atoms with van der Waals surface area (Å²) >= 11 is 0. The number of benzene rings is 1. The highest BCUT2D eigenvalue weighted by atomic mass is 16.5. The number of unbranched alkanes of at least 4 members (excludes halogenated alkanes) is 2. The average Bonchev–Trinajstić information content (AvgIpc) is 2.35. The van der Waals surface area contributed by atoms with Gasteiger partial charge in [0.05, 0.1) is 6.61 Å². The van der Waals surface area contributed by atoms with E-state index in [9.17, 15) is 0 Å². The van der Waals surface area contributed by atoms with E-state index < -0.39 is 0 Å². The molecule has 0 unspecified atom stereocenters. The molecule has 2 nitrogen and oxygen atoms in total. The van der Waals surface area contributed by atoms with E-state index in [1.165, 1.54) is 30.4 Å². The fourth-order valence-corrected chi connectivity index (χ4v) is 1.92. The lowest BCUT2D eigenvalue weighted by molar-refractivity contribution is 0.304. The van der Waals surface area contributed by atoms with Crippen molar-refractivity contribution >= 4 is 0 Å². The first kappa shape index (κ1) is 15.0. The lowest BCUT2D eigenvalue weighted by Gasteiger charge is -2.09. The summed E-state index contributed by atoms with van der Waals surface area (Å²) in [6, 6.07) is 6.35. The van der Waals surface area contributed by atoms with Gasteiger partial charge in [-0.25, -0.2) is 0 Å². The quantitative estimate of drug-likeness (QED) is 0.671. The molecule has 0 fully saturated rings. The summed E-state index contributed by atoms with van der Waals surface area (Å²) in [6.07, 6.45) is 4.85. The van der Waals surface area contributed by atoms with Crippen LogP contribution in [0.1, 0.15) is 43.7 Å². The molecule has 0 aliphatic rings. The van der Waals surface area contributed by atoms with Gasteiger partial charge in [-0.1, -0.05) is 31.0 Å². The van der Waals surface area contributed by atoms with Crippen molar-refractivity contribution in [2.45, 2.75) is 46.5 Å². The predicted octanol–water partition coefficient (Wildman–Crippen LogP) is 3.85. The van der Waals surface area contributed by atoms with Crippen molar-refractivity contribution in [2.24, 2.45) is 0 Å². The molecule has 18 heavy (non-hydrogen) atoms. The van der Waals surface area contributed by atoms with Crippen molar-refractivity contribution in [1.82, 2.24) is 5.32 Å². The van der Waals surface area contributed by atoms with Crippen LogP contribution < -0.4 is 10.1 Å². The van der Waals surface area contributed by atoms with Gasteiger partial charge >= 0.3 is 0 Å². The molecule has 0 spiro atoms. The van der Waals surface area contributed by atoms with Crippen molar-refractivity contribution in [3.63, 3.8) is 0 Å². The highest BCUT2D eigenvalue weighted by Gasteiger charge is 1.99. The predicted molar refractivity (Wildman–Crippen MR) is 78.4 cm³/mol. The van der Waals surface area contributed by atoms with Crippen molar-refractivity contribution < 1.29 is 4.74 Å². The van der Waals surface area contributed by atoms with E-state index in [2.05, 4.69) is 44.3 Å². The minimum atomic E-state index is 0.819. The maximum absolute atomic E-state index is 5.79. The molecule has 0 amide bonds. The van der Waals surface area contributed by atoms with Gasteiger partial charge in [-0.05, 0) is 57.8 Å². The summed E-state index contributed by atoms with van der Waals surface area (Å²) in [7, 11) is 0. The molecule has 0 heterocycles. The molecule has 1 rings (SSSR count). The van der Waals surface area contributed by atoms with Gasteiger partial charge in [0.25, 0.3) is 0 Å². The smallest absolute Gasteiger partial charge is 0.122 e. The highest BCUT2D eigenvalue weighted by Crippen LogP contribution is 2.18.